The van der Waals surface area contributed by atoms with Crippen LogP contribution in [-0.2, 0) is 0 Å². The standard InChI is InChI=1S/C15H23N3OS/c1-4-5-10-19-14-8-6-13(7-9-14)11-16-18-15(20)17-12(2)3/h6-9,11-12H,4-5,10H2,1-3H3,(H2,17,18,20)/b16-11-. The van der Waals surface area contributed by atoms with Gasteiger partial charge >= 0.3 is 0 Å². The number of thiocarbonyl (C=S) groups is 1. The molecule has 0 aliphatic rings. The Kier molecular flexibility index (Phi) is 7.65. The zero-order valence-electron chi connectivity index (χ0n) is 12.3. The van der Waals surface area contributed by atoms with Crippen LogP contribution in [0.4, 0.5) is 0 Å². The van der Waals surface area contributed by atoms with Crippen LogP contribution in [0.5, 0.6) is 5.75 Å². The maximum absolute atomic E-state index is 5.60. The van der Waals surface area contributed by atoms with E-state index in [9.17, 15) is 0 Å². The molecule has 0 amide bonds. The second kappa shape index (κ2) is 9.31. The van der Waals surface area contributed by atoms with E-state index in [0.29, 0.717) is 11.2 Å². The molecule has 0 heterocycles. The van der Waals surface area contributed by atoms with Gasteiger partial charge < -0.3 is 10.1 Å². The molecule has 0 saturated carbocycles. The van der Waals surface area contributed by atoms with Gasteiger partial charge in [0, 0.05) is 6.04 Å². The Labute approximate surface area is 126 Å². The third-order valence-electron chi connectivity index (χ3n) is 2.45. The van der Waals surface area contributed by atoms with Gasteiger partial charge in [-0.25, -0.2) is 0 Å². The predicted octanol–water partition coefficient (Wildman–Crippen LogP) is 3.07. The molecule has 1 aromatic carbocycles. The van der Waals surface area contributed by atoms with Gasteiger partial charge in [-0.3, -0.25) is 5.43 Å². The lowest BCUT2D eigenvalue weighted by atomic mass is 10.2. The lowest BCUT2D eigenvalue weighted by Gasteiger charge is -2.09. The molecule has 4 nitrogen and oxygen atoms in total. The summed E-state index contributed by atoms with van der Waals surface area (Å²) in [4.78, 5) is 0. The molecule has 1 aromatic rings. The van der Waals surface area contributed by atoms with E-state index in [0.717, 1.165) is 30.8 Å². The van der Waals surface area contributed by atoms with Gasteiger partial charge in [-0.2, -0.15) is 5.10 Å². The normalized spacial score (nSPS) is 10.8. The van der Waals surface area contributed by atoms with Crippen LogP contribution in [0.15, 0.2) is 29.4 Å². The average Bonchev–Trinajstić information content (AvgIpc) is 2.40. The lowest BCUT2D eigenvalue weighted by Crippen LogP contribution is -2.36. The van der Waals surface area contributed by atoms with E-state index in [1.165, 1.54) is 0 Å². The Morgan fingerprint density at radius 2 is 2.05 bits per heavy atom. The fraction of sp³-hybridized carbons (Fsp3) is 0.467. The summed E-state index contributed by atoms with van der Waals surface area (Å²) in [5.41, 5.74) is 3.77. The van der Waals surface area contributed by atoms with Gasteiger partial charge in [0.05, 0.1) is 12.8 Å². The molecule has 0 aliphatic heterocycles. The predicted molar refractivity (Wildman–Crippen MR) is 88.4 cm³/mol. The number of hydrogen-bond acceptors (Lipinski definition) is 3. The van der Waals surface area contributed by atoms with Crippen molar-refractivity contribution in [3.05, 3.63) is 29.8 Å². The topological polar surface area (TPSA) is 45.6 Å². The maximum Gasteiger partial charge on any atom is 0.187 e. The molecular weight excluding hydrogens is 270 g/mol. The number of unbranched alkanes of at least 4 members (excludes halogenated alkanes) is 1. The van der Waals surface area contributed by atoms with Gasteiger partial charge in [-0.15, -0.1) is 0 Å². The van der Waals surface area contributed by atoms with E-state index in [1.54, 1.807) is 6.21 Å². The number of hydrazone groups is 1. The first-order chi connectivity index (χ1) is 9.61. The van der Waals surface area contributed by atoms with E-state index in [1.807, 2.05) is 38.1 Å². The molecule has 0 fully saturated rings. The van der Waals surface area contributed by atoms with Crippen LogP contribution < -0.4 is 15.5 Å². The van der Waals surface area contributed by atoms with Crippen LogP contribution in [0.25, 0.3) is 0 Å². The van der Waals surface area contributed by atoms with E-state index in [4.69, 9.17) is 17.0 Å². The maximum atomic E-state index is 5.60. The molecule has 20 heavy (non-hydrogen) atoms. The number of hydrogen-bond donors (Lipinski definition) is 2. The monoisotopic (exact) mass is 293 g/mol. The molecule has 0 spiro atoms. The molecule has 0 radical (unpaired) electrons. The molecule has 0 atom stereocenters. The van der Waals surface area contributed by atoms with E-state index >= 15 is 0 Å². The summed E-state index contributed by atoms with van der Waals surface area (Å²) in [7, 11) is 0. The molecule has 110 valence electrons. The van der Waals surface area contributed by atoms with Crippen LogP contribution in [0.3, 0.4) is 0 Å². The first-order valence-corrected chi connectivity index (χ1v) is 7.35. The highest BCUT2D eigenvalue weighted by Gasteiger charge is 1.96. The molecule has 0 unspecified atom stereocenters. The van der Waals surface area contributed by atoms with Gasteiger partial charge in [0.1, 0.15) is 5.75 Å². The number of ether oxygens (including phenoxy) is 1. The molecule has 5 heteroatoms. The van der Waals surface area contributed by atoms with Crippen molar-refractivity contribution in [1.82, 2.24) is 10.7 Å². The summed E-state index contributed by atoms with van der Waals surface area (Å²) < 4.78 is 5.60. The zero-order valence-corrected chi connectivity index (χ0v) is 13.2. The number of rotatable bonds is 7. The second-order valence-electron chi connectivity index (χ2n) is 4.77. The van der Waals surface area contributed by atoms with Crippen molar-refractivity contribution in [2.45, 2.75) is 39.7 Å². The highest BCUT2D eigenvalue weighted by atomic mass is 32.1. The van der Waals surface area contributed by atoms with E-state index < -0.39 is 0 Å². The van der Waals surface area contributed by atoms with Gasteiger partial charge in [-0.05, 0) is 62.3 Å². The number of nitrogens with zero attached hydrogens (tertiary/aromatic N) is 1. The second-order valence-corrected chi connectivity index (χ2v) is 5.18. The molecular formula is C15H23N3OS. The zero-order chi connectivity index (χ0) is 14.8. The smallest absolute Gasteiger partial charge is 0.187 e. The van der Waals surface area contributed by atoms with Crippen molar-refractivity contribution in [3.8, 4) is 5.75 Å². The van der Waals surface area contributed by atoms with Crippen molar-refractivity contribution in [2.75, 3.05) is 6.61 Å². The first-order valence-electron chi connectivity index (χ1n) is 6.94. The largest absolute Gasteiger partial charge is 0.494 e. The SMILES string of the molecule is CCCCOc1ccc(/C=N\NC(=S)NC(C)C)cc1. The number of nitrogens with one attached hydrogen (secondary N) is 2. The molecule has 0 aliphatic carbocycles. The summed E-state index contributed by atoms with van der Waals surface area (Å²) in [6.45, 7) is 6.96. The Morgan fingerprint density at radius 3 is 2.65 bits per heavy atom. The first kappa shape index (κ1) is 16.4. The van der Waals surface area contributed by atoms with Gasteiger partial charge in [-0.1, -0.05) is 13.3 Å². The summed E-state index contributed by atoms with van der Waals surface area (Å²) in [5.74, 6) is 0.889. The van der Waals surface area contributed by atoms with Crippen LogP contribution >= 0.6 is 12.2 Å². The van der Waals surface area contributed by atoms with Crippen LogP contribution in [0.1, 0.15) is 39.2 Å². The summed E-state index contributed by atoms with van der Waals surface area (Å²) in [5, 5.41) is 7.66. The third-order valence-corrected chi connectivity index (χ3v) is 2.66. The van der Waals surface area contributed by atoms with Crippen molar-refractivity contribution in [3.63, 3.8) is 0 Å². The van der Waals surface area contributed by atoms with Crippen molar-refractivity contribution in [1.29, 1.82) is 0 Å². The van der Waals surface area contributed by atoms with Crippen LogP contribution in [-0.4, -0.2) is 24.0 Å². The highest BCUT2D eigenvalue weighted by Crippen LogP contribution is 2.11. The van der Waals surface area contributed by atoms with Crippen molar-refractivity contribution in [2.24, 2.45) is 5.10 Å². The van der Waals surface area contributed by atoms with E-state index in [2.05, 4.69) is 22.8 Å². The Bertz CT molecular complexity index is 429. The fourth-order valence-electron chi connectivity index (χ4n) is 1.44. The molecule has 0 saturated heterocycles. The Hall–Kier alpha value is -1.62. The number of benzene rings is 1. The fourth-order valence-corrected chi connectivity index (χ4v) is 1.73. The van der Waals surface area contributed by atoms with E-state index in [-0.39, 0.29) is 0 Å². The molecule has 0 aromatic heterocycles. The molecule has 1 rings (SSSR count). The lowest BCUT2D eigenvalue weighted by molar-refractivity contribution is 0.309. The molecule has 2 N–H and O–H groups in total. The Morgan fingerprint density at radius 1 is 1.35 bits per heavy atom. The highest BCUT2D eigenvalue weighted by molar-refractivity contribution is 7.80. The van der Waals surface area contributed by atoms with Gasteiger partial charge in [0.15, 0.2) is 5.11 Å². The average molecular weight is 293 g/mol. The van der Waals surface area contributed by atoms with Crippen molar-refractivity contribution >= 4 is 23.5 Å². The minimum atomic E-state index is 0.296. The van der Waals surface area contributed by atoms with Crippen LogP contribution in [0, 0.1) is 0 Å². The molecule has 0 bridgehead atoms. The van der Waals surface area contributed by atoms with Crippen molar-refractivity contribution < 1.29 is 4.74 Å². The van der Waals surface area contributed by atoms with Crippen LogP contribution in [0.2, 0.25) is 0 Å². The minimum absolute atomic E-state index is 0.296. The summed E-state index contributed by atoms with van der Waals surface area (Å²) >= 11 is 5.07. The third kappa shape index (κ3) is 7.09. The van der Waals surface area contributed by atoms with Gasteiger partial charge in [0.2, 0.25) is 0 Å². The van der Waals surface area contributed by atoms with Gasteiger partial charge in [0.25, 0.3) is 0 Å². The summed E-state index contributed by atoms with van der Waals surface area (Å²) in [6.07, 6.45) is 3.94. The Balaban J connectivity index is 2.38. The summed E-state index contributed by atoms with van der Waals surface area (Å²) in [6, 6.07) is 8.12. The minimum Gasteiger partial charge on any atom is -0.494 e. The quantitative estimate of drug-likeness (QED) is 0.351.